The third kappa shape index (κ3) is 2.41. The zero-order chi connectivity index (χ0) is 13.9. The smallest absolute Gasteiger partial charge is 0.230 e. The van der Waals surface area contributed by atoms with Crippen molar-refractivity contribution in [2.75, 3.05) is 32.7 Å². The van der Waals surface area contributed by atoms with Gasteiger partial charge in [-0.05, 0) is 19.3 Å². The van der Waals surface area contributed by atoms with Gasteiger partial charge in [-0.3, -0.25) is 14.8 Å². The zero-order valence-electron chi connectivity index (χ0n) is 11.5. The molecule has 1 aromatic rings. The highest BCUT2D eigenvalue weighted by Crippen LogP contribution is 2.31. The lowest BCUT2D eigenvalue weighted by Crippen LogP contribution is -2.50. The minimum atomic E-state index is -0.0278. The van der Waals surface area contributed by atoms with Crippen LogP contribution in [-0.4, -0.2) is 58.6 Å². The molecular formula is C14H19N5O. The molecule has 1 N–H and O–H groups in total. The van der Waals surface area contributed by atoms with Crippen molar-refractivity contribution in [3.8, 4) is 6.07 Å². The van der Waals surface area contributed by atoms with E-state index < -0.39 is 0 Å². The first kappa shape index (κ1) is 13.1. The second kappa shape index (κ2) is 5.63. The number of nitrogens with zero attached hydrogens (tertiary/aromatic N) is 4. The molecule has 6 heteroatoms. The van der Waals surface area contributed by atoms with E-state index in [2.05, 4.69) is 21.2 Å². The highest BCUT2D eigenvalue weighted by Gasteiger charge is 2.32. The van der Waals surface area contributed by atoms with Crippen LogP contribution in [0, 0.1) is 11.3 Å². The molecule has 0 radical (unpaired) electrons. The number of nitriles is 1. The van der Waals surface area contributed by atoms with E-state index in [1.54, 1.807) is 0 Å². The second-order valence-electron chi connectivity index (χ2n) is 5.51. The quantitative estimate of drug-likeness (QED) is 0.796. The first-order valence-electron chi connectivity index (χ1n) is 7.20. The van der Waals surface area contributed by atoms with Crippen molar-refractivity contribution in [3.05, 3.63) is 17.5 Å². The van der Waals surface area contributed by atoms with Gasteiger partial charge >= 0.3 is 0 Å². The first-order chi connectivity index (χ1) is 9.79. The summed E-state index contributed by atoms with van der Waals surface area (Å²) in [6.07, 6.45) is 4.77. The minimum absolute atomic E-state index is 0.0278. The summed E-state index contributed by atoms with van der Waals surface area (Å²) in [6.45, 7) is 3.50. The number of H-pyrrole nitrogens is 1. The van der Waals surface area contributed by atoms with Crippen LogP contribution in [0.2, 0.25) is 0 Å². The highest BCUT2D eigenvalue weighted by molar-refractivity contribution is 5.84. The van der Waals surface area contributed by atoms with Gasteiger partial charge in [0.2, 0.25) is 5.91 Å². The Kier molecular flexibility index (Phi) is 3.70. The van der Waals surface area contributed by atoms with Gasteiger partial charge in [0.05, 0.1) is 24.7 Å². The number of aryl methyl sites for hydroxylation is 1. The van der Waals surface area contributed by atoms with Crippen LogP contribution in [0.15, 0.2) is 6.20 Å². The largest absolute Gasteiger partial charge is 0.340 e. The van der Waals surface area contributed by atoms with Crippen molar-refractivity contribution in [1.29, 1.82) is 5.26 Å². The Morgan fingerprint density at radius 2 is 2.25 bits per heavy atom. The molecule has 1 amide bonds. The molecule has 1 aromatic heterocycles. The van der Waals surface area contributed by atoms with Crippen LogP contribution < -0.4 is 0 Å². The lowest BCUT2D eigenvalue weighted by molar-refractivity contribution is -0.134. The van der Waals surface area contributed by atoms with Gasteiger partial charge in [0, 0.05) is 37.4 Å². The molecule has 20 heavy (non-hydrogen) atoms. The maximum absolute atomic E-state index is 12.7. The van der Waals surface area contributed by atoms with E-state index >= 15 is 0 Å². The Balaban J connectivity index is 1.65. The molecule has 0 aromatic carbocycles. The number of carbonyl (C=O) groups is 1. The summed E-state index contributed by atoms with van der Waals surface area (Å²) in [5.74, 6) is 0.198. The summed E-state index contributed by atoms with van der Waals surface area (Å²) in [6, 6.07) is 2.16. The van der Waals surface area contributed by atoms with Crippen LogP contribution in [0.3, 0.4) is 0 Å². The molecule has 1 aliphatic carbocycles. The molecule has 106 valence electrons. The molecule has 0 bridgehead atoms. The molecule has 1 atom stereocenters. The molecule has 6 nitrogen and oxygen atoms in total. The van der Waals surface area contributed by atoms with Crippen LogP contribution >= 0.6 is 0 Å². The second-order valence-corrected chi connectivity index (χ2v) is 5.51. The first-order valence-corrected chi connectivity index (χ1v) is 7.20. The lowest BCUT2D eigenvalue weighted by Gasteiger charge is -2.36. The predicted octanol–water partition coefficient (Wildman–Crippen LogP) is 0.497. The zero-order valence-corrected chi connectivity index (χ0v) is 11.5. The van der Waals surface area contributed by atoms with Gasteiger partial charge in [-0.2, -0.15) is 10.4 Å². The number of hydrogen-bond acceptors (Lipinski definition) is 4. The van der Waals surface area contributed by atoms with Crippen molar-refractivity contribution < 1.29 is 4.79 Å². The molecule has 3 rings (SSSR count). The van der Waals surface area contributed by atoms with Crippen LogP contribution in [0.5, 0.6) is 0 Å². The third-order valence-corrected chi connectivity index (χ3v) is 4.32. The number of hydrogen-bond donors (Lipinski definition) is 1. The van der Waals surface area contributed by atoms with Gasteiger partial charge < -0.3 is 4.90 Å². The Bertz CT molecular complexity index is 524. The van der Waals surface area contributed by atoms with Gasteiger partial charge in [-0.15, -0.1) is 0 Å². The minimum Gasteiger partial charge on any atom is -0.340 e. The number of rotatable bonds is 2. The molecular weight excluding hydrogens is 254 g/mol. The van der Waals surface area contributed by atoms with Gasteiger partial charge in [-0.25, -0.2) is 0 Å². The Labute approximate surface area is 118 Å². The molecule has 1 aliphatic heterocycles. The van der Waals surface area contributed by atoms with Crippen LogP contribution in [0.1, 0.15) is 30.0 Å². The molecule has 0 saturated carbocycles. The van der Waals surface area contributed by atoms with Crippen molar-refractivity contribution in [1.82, 2.24) is 20.0 Å². The number of aromatic nitrogens is 2. The van der Waals surface area contributed by atoms with E-state index in [0.29, 0.717) is 6.54 Å². The Hall–Kier alpha value is -1.87. The van der Waals surface area contributed by atoms with Crippen molar-refractivity contribution >= 4 is 5.91 Å². The summed E-state index contributed by atoms with van der Waals surface area (Å²) in [5, 5.41) is 15.8. The van der Waals surface area contributed by atoms with Crippen molar-refractivity contribution in [3.63, 3.8) is 0 Å². The summed E-state index contributed by atoms with van der Waals surface area (Å²) in [4.78, 5) is 16.7. The van der Waals surface area contributed by atoms with Crippen molar-refractivity contribution in [2.24, 2.45) is 0 Å². The Morgan fingerprint density at radius 3 is 3.00 bits per heavy atom. The SMILES string of the molecule is N#CCN1CCN(C(=O)[C@H]2CCCc3[nH]ncc32)CC1. The standard InChI is InChI=1S/C14H19N5O/c15-4-5-18-6-8-19(9-7-18)14(20)11-2-1-3-13-12(11)10-16-17-13/h10-11H,1-3,5-9H2,(H,16,17)/t11-/m0/s1. The van der Waals surface area contributed by atoms with Crippen LogP contribution in [-0.2, 0) is 11.2 Å². The third-order valence-electron chi connectivity index (χ3n) is 4.32. The predicted molar refractivity (Wildman–Crippen MR) is 72.9 cm³/mol. The normalized spacial score (nSPS) is 23.1. The Morgan fingerprint density at radius 1 is 1.45 bits per heavy atom. The van der Waals surface area contributed by atoms with E-state index in [1.807, 2.05) is 11.1 Å². The number of amides is 1. The molecule has 1 saturated heterocycles. The molecule has 2 aliphatic rings. The number of aromatic amines is 1. The lowest BCUT2D eigenvalue weighted by atomic mass is 9.86. The van der Waals surface area contributed by atoms with E-state index in [0.717, 1.165) is 56.7 Å². The number of carbonyl (C=O) groups excluding carboxylic acids is 1. The van der Waals surface area contributed by atoms with E-state index in [1.165, 1.54) is 0 Å². The van der Waals surface area contributed by atoms with Gasteiger partial charge in [0.25, 0.3) is 0 Å². The number of fused-ring (bicyclic) bond motifs is 1. The van der Waals surface area contributed by atoms with Crippen LogP contribution in [0.4, 0.5) is 0 Å². The van der Waals surface area contributed by atoms with E-state index in [-0.39, 0.29) is 11.8 Å². The van der Waals surface area contributed by atoms with Crippen LogP contribution in [0.25, 0.3) is 0 Å². The summed E-state index contributed by atoms with van der Waals surface area (Å²) >= 11 is 0. The average molecular weight is 273 g/mol. The fraction of sp³-hybridized carbons (Fsp3) is 0.643. The fourth-order valence-corrected chi connectivity index (χ4v) is 3.16. The molecule has 1 fully saturated rings. The molecule has 2 heterocycles. The van der Waals surface area contributed by atoms with Gasteiger partial charge in [0.1, 0.15) is 0 Å². The summed E-state index contributed by atoms with van der Waals surface area (Å²) in [7, 11) is 0. The van der Waals surface area contributed by atoms with E-state index in [4.69, 9.17) is 5.26 Å². The van der Waals surface area contributed by atoms with E-state index in [9.17, 15) is 4.79 Å². The average Bonchev–Trinajstić information content (AvgIpc) is 2.96. The topological polar surface area (TPSA) is 76.0 Å². The summed E-state index contributed by atoms with van der Waals surface area (Å²) < 4.78 is 0. The van der Waals surface area contributed by atoms with Crippen molar-refractivity contribution in [2.45, 2.75) is 25.2 Å². The highest BCUT2D eigenvalue weighted by atomic mass is 16.2. The monoisotopic (exact) mass is 273 g/mol. The number of nitrogens with one attached hydrogen (secondary N) is 1. The molecule has 0 spiro atoms. The molecule has 0 unspecified atom stereocenters. The fourth-order valence-electron chi connectivity index (χ4n) is 3.16. The number of piperazine rings is 1. The summed E-state index contributed by atoms with van der Waals surface area (Å²) in [5.41, 5.74) is 2.21. The maximum atomic E-state index is 12.7. The maximum Gasteiger partial charge on any atom is 0.230 e. The van der Waals surface area contributed by atoms with Gasteiger partial charge in [0.15, 0.2) is 0 Å². The van der Waals surface area contributed by atoms with Gasteiger partial charge in [-0.1, -0.05) is 0 Å².